The van der Waals surface area contributed by atoms with Gasteiger partial charge in [-0.15, -0.1) is 0 Å². The van der Waals surface area contributed by atoms with Crippen LogP contribution < -0.4 is 10.6 Å². The fraction of sp³-hybridized carbons (Fsp3) is 0.938. The van der Waals surface area contributed by atoms with E-state index in [1.54, 1.807) is 0 Å². The maximum absolute atomic E-state index is 5.69. The van der Waals surface area contributed by atoms with Crippen molar-refractivity contribution in [2.24, 2.45) is 10.9 Å². The lowest BCUT2D eigenvalue weighted by Crippen LogP contribution is -2.42. The Hall–Kier alpha value is -0.810. The smallest absolute Gasteiger partial charge is 0.193 e. The Bertz CT molecular complexity index is 308. The van der Waals surface area contributed by atoms with Gasteiger partial charge in [0.05, 0.1) is 13.2 Å². The molecule has 21 heavy (non-hydrogen) atoms. The Morgan fingerprint density at radius 3 is 2.62 bits per heavy atom. The van der Waals surface area contributed by atoms with Crippen LogP contribution in [0.2, 0.25) is 0 Å². The molecule has 0 aromatic heterocycles. The van der Waals surface area contributed by atoms with Crippen LogP contribution in [0, 0.1) is 5.92 Å². The fourth-order valence-electron chi connectivity index (χ4n) is 1.90. The van der Waals surface area contributed by atoms with Crippen LogP contribution in [0.15, 0.2) is 4.99 Å². The third-order valence-electron chi connectivity index (χ3n) is 3.35. The summed E-state index contributed by atoms with van der Waals surface area (Å²) >= 11 is 0. The molecule has 5 heteroatoms. The Morgan fingerprint density at radius 2 is 2.05 bits per heavy atom. The molecule has 1 rings (SSSR count). The van der Waals surface area contributed by atoms with Gasteiger partial charge in [0.25, 0.3) is 0 Å². The quantitative estimate of drug-likeness (QED) is 0.386. The van der Waals surface area contributed by atoms with Crippen molar-refractivity contribution in [2.45, 2.75) is 46.1 Å². The third-order valence-corrected chi connectivity index (χ3v) is 3.35. The summed E-state index contributed by atoms with van der Waals surface area (Å²) in [6.45, 7) is 13.8. The summed E-state index contributed by atoms with van der Waals surface area (Å²) in [4.78, 5) is 6.80. The van der Waals surface area contributed by atoms with Gasteiger partial charge in [-0.1, -0.05) is 0 Å². The summed E-state index contributed by atoms with van der Waals surface area (Å²) in [5.41, 5.74) is 0.149. The number of nitrogens with one attached hydrogen (secondary N) is 2. The van der Waals surface area contributed by atoms with Gasteiger partial charge in [-0.25, -0.2) is 0 Å². The summed E-state index contributed by atoms with van der Waals surface area (Å²) in [7, 11) is 2.07. The monoisotopic (exact) mass is 298 g/mol. The van der Waals surface area contributed by atoms with Crippen LogP contribution in [0.25, 0.3) is 0 Å². The maximum Gasteiger partial charge on any atom is 0.193 e. The molecule has 1 aliphatic rings. The van der Waals surface area contributed by atoms with Crippen molar-refractivity contribution in [3.05, 3.63) is 0 Å². The zero-order valence-corrected chi connectivity index (χ0v) is 14.5. The van der Waals surface area contributed by atoms with Gasteiger partial charge >= 0.3 is 0 Å². The molecule has 0 amide bonds. The molecule has 124 valence electrons. The molecule has 0 bridgehead atoms. The first-order valence-corrected chi connectivity index (χ1v) is 8.24. The summed E-state index contributed by atoms with van der Waals surface area (Å²) in [5, 5.41) is 6.79. The lowest BCUT2D eigenvalue weighted by Gasteiger charge is -2.23. The lowest BCUT2D eigenvalue weighted by atomic mass is 10.1. The molecule has 1 aliphatic carbocycles. The van der Waals surface area contributed by atoms with Crippen LogP contribution in [-0.2, 0) is 4.74 Å². The highest BCUT2D eigenvalue weighted by Crippen LogP contribution is 2.28. The first kappa shape index (κ1) is 18.2. The number of likely N-dealkylation sites (N-methyl/N-ethyl adjacent to an activating group) is 1. The highest BCUT2D eigenvalue weighted by Gasteiger charge is 2.21. The van der Waals surface area contributed by atoms with Crippen LogP contribution in [0.3, 0.4) is 0 Å². The molecule has 0 saturated heterocycles. The number of nitrogens with zero attached hydrogens (tertiary/aromatic N) is 2. The molecular weight excluding hydrogens is 264 g/mol. The molecule has 0 aliphatic heterocycles. The van der Waals surface area contributed by atoms with Crippen molar-refractivity contribution < 1.29 is 4.74 Å². The predicted octanol–water partition coefficient (Wildman–Crippen LogP) is 1.70. The zero-order chi connectivity index (χ0) is 15.7. The zero-order valence-electron chi connectivity index (χ0n) is 14.5. The first-order valence-electron chi connectivity index (χ1n) is 8.24. The van der Waals surface area contributed by atoms with Crippen LogP contribution in [0.1, 0.15) is 40.5 Å². The van der Waals surface area contributed by atoms with Crippen molar-refractivity contribution in [3.63, 3.8) is 0 Å². The molecule has 0 spiro atoms. The molecule has 0 unspecified atom stereocenters. The van der Waals surface area contributed by atoms with Gasteiger partial charge in [0.1, 0.15) is 0 Å². The van der Waals surface area contributed by atoms with E-state index < -0.39 is 0 Å². The van der Waals surface area contributed by atoms with E-state index in [4.69, 9.17) is 4.74 Å². The lowest BCUT2D eigenvalue weighted by molar-refractivity contribution is 0.115. The van der Waals surface area contributed by atoms with E-state index in [9.17, 15) is 0 Å². The van der Waals surface area contributed by atoms with Crippen molar-refractivity contribution in [1.82, 2.24) is 15.5 Å². The molecule has 0 aromatic rings. The highest BCUT2D eigenvalue weighted by molar-refractivity contribution is 5.79. The molecular formula is C16H34N4O. The topological polar surface area (TPSA) is 48.9 Å². The SMILES string of the molecule is CCNC(=NCCNC(C)(C)C)N(C)CCOCC1CC1. The van der Waals surface area contributed by atoms with Gasteiger partial charge in [-0.2, -0.15) is 0 Å². The van der Waals surface area contributed by atoms with Crippen LogP contribution >= 0.6 is 0 Å². The van der Waals surface area contributed by atoms with Crippen molar-refractivity contribution >= 4 is 5.96 Å². The standard InChI is InChI=1S/C16H34N4O/c1-6-17-15(18-9-10-19-16(2,3)4)20(5)11-12-21-13-14-7-8-14/h14,19H,6-13H2,1-5H3,(H,17,18). The Morgan fingerprint density at radius 1 is 1.33 bits per heavy atom. The van der Waals surface area contributed by atoms with E-state index in [1.807, 2.05) is 0 Å². The van der Waals surface area contributed by atoms with Gasteiger partial charge < -0.3 is 20.3 Å². The van der Waals surface area contributed by atoms with E-state index in [0.717, 1.165) is 51.3 Å². The summed E-state index contributed by atoms with van der Waals surface area (Å²) in [5.74, 6) is 1.80. The van der Waals surface area contributed by atoms with E-state index in [-0.39, 0.29) is 5.54 Å². The molecule has 0 heterocycles. The number of guanidine groups is 1. The Kier molecular flexibility index (Phi) is 8.04. The normalized spacial score (nSPS) is 16.1. The number of aliphatic imine (C=N–C) groups is 1. The predicted molar refractivity (Wildman–Crippen MR) is 89.9 cm³/mol. The van der Waals surface area contributed by atoms with E-state index in [2.05, 4.69) is 55.3 Å². The highest BCUT2D eigenvalue weighted by atomic mass is 16.5. The molecule has 0 radical (unpaired) electrons. The average molecular weight is 298 g/mol. The second kappa shape index (κ2) is 9.26. The largest absolute Gasteiger partial charge is 0.379 e. The average Bonchev–Trinajstić information content (AvgIpc) is 3.21. The third kappa shape index (κ3) is 9.69. The summed E-state index contributed by atoms with van der Waals surface area (Å²) in [6.07, 6.45) is 2.70. The molecule has 2 N–H and O–H groups in total. The van der Waals surface area contributed by atoms with Crippen LogP contribution in [-0.4, -0.2) is 62.8 Å². The Balaban J connectivity index is 2.24. The maximum atomic E-state index is 5.69. The van der Waals surface area contributed by atoms with Crippen molar-refractivity contribution in [1.29, 1.82) is 0 Å². The van der Waals surface area contributed by atoms with Crippen molar-refractivity contribution in [3.8, 4) is 0 Å². The van der Waals surface area contributed by atoms with Gasteiger partial charge in [-0.3, -0.25) is 4.99 Å². The first-order chi connectivity index (χ1) is 9.92. The Labute approximate surface area is 130 Å². The fourth-order valence-corrected chi connectivity index (χ4v) is 1.90. The summed E-state index contributed by atoms with van der Waals surface area (Å²) in [6, 6.07) is 0. The number of ether oxygens (including phenoxy) is 1. The molecule has 0 aromatic carbocycles. The molecule has 1 fully saturated rings. The van der Waals surface area contributed by atoms with Gasteiger partial charge in [-0.05, 0) is 46.5 Å². The van der Waals surface area contributed by atoms with Crippen LogP contribution in [0.4, 0.5) is 0 Å². The molecule has 0 atom stereocenters. The minimum absolute atomic E-state index is 0.149. The number of hydrogen-bond acceptors (Lipinski definition) is 3. The number of hydrogen-bond donors (Lipinski definition) is 2. The van der Waals surface area contributed by atoms with E-state index >= 15 is 0 Å². The van der Waals surface area contributed by atoms with Gasteiger partial charge in [0, 0.05) is 38.8 Å². The number of rotatable bonds is 9. The molecule has 5 nitrogen and oxygen atoms in total. The minimum atomic E-state index is 0.149. The van der Waals surface area contributed by atoms with Crippen LogP contribution in [0.5, 0.6) is 0 Å². The summed E-state index contributed by atoms with van der Waals surface area (Å²) < 4.78 is 5.69. The molecule has 1 saturated carbocycles. The van der Waals surface area contributed by atoms with E-state index in [1.165, 1.54) is 12.8 Å². The van der Waals surface area contributed by atoms with Gasteiger partial charge in [0.2, 0.25) is 0 Å². The van der Waals surface area contributed by atoms with Gasteiger partial charge in [0.15, 0.2) is 5.96 Å². The minimum Gasteiger partial charge on any atom is -0.379 e. The van der Waals surface area contributed by atoms with Crippen molar-refractivity contribution in [2.75, 3.05) is 46.4 Å². The second-order valence-corrected chi connectivity index (χ2v) is 6.85. The van der Waals surface area contributed by atoms with E-state index in [0.29, 0.717) is 0 Å². The second-order valence-electron chi connectivity index (χ2n) is 6.85.